The van der Waals surface area contributed by atoms with Crippen LogP contribution in [-0.2, 0) is 0 Å². The first-order valence-corrected chi connectivity index (χ1v) is 12.5. The Labute approximate surface area is 212 Å². The number of benzene rings is 3. The van der Waals surface area contributed by atoms with E-state index in [4.69, 9.17) is 4.74 Å². The molecule has 0 spiro atoms. The molecule has 7 nitrogen and oxygen atoms in total. The number of nitrogens with zero attached hydrogens (tertiary/aromatic N) is 1. The van der Waals surface area contributed by atoms with Crippen LogP contribution in [0.15, 0.2) is 54.6 Å². The first-order valence-electron chi connectivity index (χ1n) is 12.5. The second-order valence-corrected chi connectivity index (χ2v) is 8.96. The maximum absolute atomic E-state index is 12.2. The van der Waals surface area contributed by atoms with E-state index in [2.05, 4.69) is 53.6 Å². The Kier molecular flexibility index (Phi) is 7.78. The molecule has 4 rings (SSSR count). The van der Waals surface area contributed by atoms with E-state index in [0.29, 0.717) is 22.9 Å². The fourth-order valence-corrected chi connectivity index (χ4v) is 4.36. The Balaban J connectivity index is 1.66. The van der Waals surface area contributed by atoms with Gasteiger partial charge in [-0.05, 0) is 60.4 Å². The van der Waals surface area contributed by atoms with Gasteiger partial charge in [-0.1, -0.05) is 44.9 Å². The van der Waals surface area contributed by atoms with Crippen molar-refractivity contribution in [2.24, 2.45) is 0 Å². The summed E-state index contributed by atoms with van der Waals surface area (Å²) in [5, 5.41) is 15.4. The van der Waals surface area contributed by atoms with Crippen molar-refractivity contribution in [3.8, 4) is 22.6 Å². The third kappa shape index (κ3) is 5.30. The number of fused-ring (bicyclic) bond motifs is 2. The van der Waals surface area contributed by atoms with E-state index >= 15 is 0 Å². The van der Waals surface area contributed by atoms with Crippen molar-refractivity contribution >= 4 is 28.9 Å². The lowest BCUT2D eigenvalue weighted by Gasteiger charge is -2.26. The second kappa shape index (κ2) is 11.2. The number of carboxylic acid groups (broad SMARTS) is 1. The van der Waals surface area contributed by atoms with Gasteiger partial charge in [-0.15, -0.1) is 0 Å². The minimum atomic E-state index is -1.14. The molecule has 0 fully saturated rings. The summed E-state index contributed by atoms with van der Waals surface area (Å²) >= 11 is 0. The summed E-state index contributed by atoms with van der Waals surface area (Å²) in [4.78, 5) is 26.5. The second-order valence-electron chi connectivity index (χ2n) is 8.96. The number of carbonyl (C=O) groups excluding carboxylic acids is 1. The SMILES string of the molecule is CCCCN(CCCC)c1cccc(-c2ccc3c(c2)Oc2cc(C(=O)NC)cc(C(=O)O)c2N3)c1. The molecule has 1 aliphatic heterocycles. The van der Waals surface area contributed by atoms with Gasteiger partial charge >= 0.3 is 5.97 Å². The van der Waals surface area contributed by atoms with Crippen molar-refractivity contribution in [3.05, 3.63) is 65.7 Å². The number of carboxylic acids is 1. The van der Waals surface area contributed by atoms with E-state index in [-0.39, 0.29) is 17.0 Å². The first kappa shape index (κ1) is 25.1. The zero-order valence-corrected chi connectivity index (χ0v) is 21.1. The number of amides is 1. The molecule has 1 amide bonds. The normalized spacial score (nSPS) is 11.5. The molecule has 3 aromatic carbocycles. The summed E-state index contributed by atoms with van der Waals surface area (Å²) in [6.45, 7) is 6.50. The van der Waals surface area contributed by atoms with Crippen LogP contribution in [-0.4, -0.2) is 37.1 Å². The van der Waals surface area contributed by atoms with Crippen LogP contribution in [0.25, 0.3) is 11.1 Å². The Morgan fingerprint density at radius 1 is 0.944 bits per heavy atom. The van der Waals surface area contributed by atoms with Gasteiger partial charge in [-0.2, -0.15) is 0 Å². The van der Waals surface area contributed by atoms with Crippen molar-refractivity contribution in [2.45, 2.75) is 39.5 Å². The predicted octanol–water partition coefficient (Wildman–Crippen LogP) is 6.67. The van der Waals surface area contributed by atoms with Gasteiger partial charge in [0.05, 0.1) is 16.9 Å². The van der Waals surface area contributed by atoms with Gasteiger partial charge in [0.15, 0.2) is 11.5 Å². The van der Waals surface area contributed by atoms with E-state index in [1.165, 1.54) is 18.8 Å². The van der Waals surface area contributed by atoms with Gasteiger partial charge in [0.2, 0.25) is 0 Å². The lowest BCUT2D eigenvalue weighted by Crippen LogP contribution is -2.25. The van der Waals surface area contributed by atoms with Crippen LogP contribution in [0.2, 0.25) is 0 Å². The van der Waals surface area contributed by atoms with Crippen molar-refractivity contribution in [1.29, 1.82) is 0 Å². The molecule has 188 valence electrons. The lowest BCUT2D eigenvalue weighted by atomic mass is 10.0. The minimum Gasteiger partial charge on any atom is -0.478 e. The fraction of sp³-hybridized carbons (Fsp3) is 0.310. The lowest BCUT2D eigenvalue weighted by molar-refractivity contribution is 0.0697. The molecule has 0 unspecified atom stereocenters. The average molecular weight is 488 g/mol. The van der Waals surface area contributed by atoms with Crippen molar-refractivity contribution in [3.63, 3.8) is 0 Å². The summed E-state index contributed by atoms with van der Waals surface area (Å²) in [5.41, 5.74) is 4.48. The summed E-state index contributed by atoms with van der Waals surface area (Å²) in [6, 6.07) is 17.3. The number of hydrogen-bond acceptors (Lipinski definition) is 5. The molecule has 0 saturated heterocycles. The molecule has 1 aliphatic rings. The first-order chi connectivity index (χ1) is 17.4. The Morgan fingerprint density at radius 3 is 2.33 bits per heavy atom. The van der Waals surface area contributed by atoms with Crippen LogP contribution < -0.4 is 20.3 Å². The van der Waals surface area contributed by atoms with Crippen LogP contribution in [0.1, 0.15) is 60.2 Å². The maximum Gasteiger partial charge on any atom is 0.337 e. The molecular formula is C29H33N3O4. The zero-order valence-electron chi connectivity index (χ0n) is 21.1. The van der Waals surface area contributed by atoms with E-state index in [1.54, 1.807) is 6.07 Å². The number of hydrogen-bond donors (Lipinski definition) is 3. The highest BCUT2D eigenvalue weighted by Crippen LogP contribution is 2.45. The number of rotatable bonds is 10. The monoisotopic (exact) mass is 487 g/mol. The van der Waals surface area contributed by atoms with E-state index in [9.17, 15) is 14.7 Å². The standard InChI is InChI=1S/C29H33N3O4/c1-4-6-13-32(14-7-5-2)22-10-8-9-19(15-22)20-11-12-24-25(17-20)36-26-18-21(28(33)30-3)16-23(29(34)35)27(26)31-24/h8-12,15-18,31H,4-7,13-14H2,1-3H3,(H,30,33)(H,34,35). The molecule has 7 heteroatoms. The van der Waals surface area contributed by atoms with Gasteiger partial charge in [-0.25, -0.2) is 4.79 Å². The number of aromatic carboxylic acids is 1. The van der Waals surface area contributed by atoms with Crippen LogP contribution in [0, 0.1) is 0 Å². The largest absolute Gasteiger partial charge is 0.478 e. The van der Waals surface area contributed by atoms with E-state index in [1.807, 2.05) is 18.2 Å². The van der Waals surface area contributed by atoms with E-state index < -0.39 is 5.97 Å². The molecule has 1 heterocycles. The molecule has 3 aromatic rings. The Morgan fingerprint density at radius 2 is 1.67 bits per heavy atom. The van der Waals surface area contributed by atoms with Crippen molar-refractivity contribution < 1.29 is 19.4 Å². The summed E-state index contributed by atoms with van der Waals surface area (Å²) in [6.07, 6.45) is 4.62. The average Bonchev–Trinajstić information content (AvgIpc) is 2.90. The highest BCUT2D eigenvalue weighted by molar-refractivity contribution is 6.03. The molecule has 0 saturated carbocycles. The van der Waals surface area contributed by atoms with Crippen molar-refractivity contribution in [1.82, 2.24) is 5.32 Å². The molecular weight excluding hydrogens is 454 g/mol. The van der Waals surface area contributed by atoms with E-state index in [0.717, 1.165) is 49.9 Å². The highest BCUT2D eigenvalue weighted by atomic mass is 16.5. The van der Waals surface area contributed by atoms with Gasteiger partial charge in [0.1, 0.15) is 0 Å². The fourth-order valence-electron chi connectivity index (χ4n) is 4.36. The quantitative estimate of drug-likeness (QED) is 0.231. The number of carbonyl (C=O) groups is 2. The van der Waals surface area contributed by atoms with Crippen LogP contribution in [0.4, 0.5) is 17.1 Å². The minimum absolute atomic E-state index is 0.0206. The van der Waals surface area contributed by atoms with Crippen molar-refractivity contribution in [2.75, 3.05) is 30.4 Å². The van der Waals surface area contributed by atoms with Crippen LogP contribution >= 0.6 is 0 Å². The molecule has 0 radical (unpaired) electrons. The molecule has 0 aromatic heterocycles. The molecule has 0 aliphatic carbocycles. The number of unbranched alkanes of at least 4 members (excludes halogenated alkanes) is 2. The Bertz CT molecular complexity index is 1260. The topological polar surface area (TPSA) is 90.9 Å². The van der Waals surface area contributed by atoms with Crippen LogP contribution in [0.5, 0.6) is 11.5 Å². The van der Waals surface area contributed by atoms with Gasteiger partial charge in [0, 0.05) is 31.4 Å². The summed E-state index contributed by atoms with van der Waals surface area (Å²) in [5.74, 6) is -0.640. The smallest absolute Gasteiger partial charge is 0.337 e. The maximum atomic E-state index is 12.2. The molecule has 0 bridgehead atoms. The zero-order chi connectivity index (χ0) is 25.7. The summed E-state index contributed by atoms with van der Waals surface area (Å²) < 4.78 is 6.13. The van der Waals surface area contributed by atoms with Gasteiger partial charge in [0.25, 0.3) is 5.91 Å². The van der Waals surface area contributed by atoms with Gasteiger partial charge in [-0.3, -0.25) is 4.79 Å². The number of anilines is 3. The van der Waals surface area contributed by atoms with Gasteiger partial charge < -0.3 is 25.4 Å². The Hall–Kier alpha value is -4.00. The molecule has 36 heavy (non-hydrogen) atoms. The van der Waals surface area contributed by atoms with Crippen LogP contribution in [0.3, 0.4) is 0 Å². The summed E-state index contributed by atoms with van der Waals surface area (Å²) in [7, 11) is 1.50. The molecule has 3 N–H and O–H groups in total. The predicted molar refractivity (Wildman–Crippen MR) is 144 cm³/mol. The number of ether oxygens (including phenoxy) is 1. The third-order valence-corrected chi connectivity index (χ3v) is 6.39. The highest BCUT2D eigenvalue weighted by Gasteiger charge is 2.25. The third-order valence-electron chi connectivity index (χ3n) is 6.39. The molecule has 0 atom stereocenters. The number of nitrogens with one attached hydrogen (secondary N) is 2.